The van der Waals surface area contributed by atoms with Gasteiger partial charge >= 0.3 is 0 Å². The van der Waals surface area contributed by atoms with E-state index in [4.69, 9.17) is 0 Å². The predicted molar refractivity (Wildman–Crippen MR) is 67.3 cm³/mol. The third kappa shape index (κ3) is 11.3. The first-order valence-corrected chi connectivity index (χ1v) is 4.92. The SMILES string of the molecule is P=S.S.SOONc1ccccc1.[Y]. The smallest absolute Gasteiger partial charge is 0.0635 e. The van der Waals surface area contributed by atoms with E-state index in [1.54, 1.807) is 0 Å². The summed E-state index contributed by atoms with van der Waals surface area (Å²) in [5.74, 6) is 0. The van der Waals surface area contributed by atoms with Crippen LogP contribution in [0.3, 0.4) is 0 Å². The van der Waals surface area contributed by atoms with Crippen LogP contribution in [0.25, 0.3) is 0 Å². The van der Waals surface area contributed by atoms with Gasteiger partial charge in [-0.1, -0.05) is 30.0 Å². The number of anilines is 1. The quantitative estimate of drug-likeness (QED) is 0.290. The third-order valence-electron chi connectivity index (χ3n) is 0.971. The second-order valence-electron chi connectivity index (χ2n) is 1.63. The summed E-state index contributed by atoms with van der Waals surface area (Å²) >= 11 is 7.26. The number of thiol groups is 1. The Morgan fingerprint density at radius 3 is 2.14 bits per heavy atom. The van der Waals surface area contributed by atoms with Gasteiger partial charge in [0.1, 0.15) is 0 Å². The summed E-state index contributed by atoms with van der Waals surface area (Å²) in [7, 11) is 2.56. The summed E-state index contributed by atoms with van der Waals surface area (Å²) in [5.41, 5.74) is 3.31. The molecule has 1 rings (SSSR count). The van der Waals surface area contributed by atoms with Gasteiger partial charge in [-0.15, -0.1) is 9.32 Å². The molecule has 1 aromatic carbocycles. The molecule has 0 fully saturated rings. The van der Waals surface area contributed by atoms with Crippen LogP contribution in [-0.4, -0.2) is 0 Å². The van der Waals surface area contributed by atoms with E-state index < -0.39 is 0 Å². The summed E-state index contributed by atoms with van der Waals surface area (Å²) in [4.78, 5) is 4.33. The minimum absolute atomic E-state index is 0. The van der Waals surface area contributed by atoms with Crippen LogP contribution in [0.4, 0.5) is 5.69 Å². The van der Waals surface area contributed by atoms with E-state index in [-0.39, 0.29) is 46.2 Å². The van der Waals surface area contributed by atoms with Crippen molar-refractivity contribution >= 4 is 51.9 Å². The normalized spacial score (nSPS) is 6.93. The topological polar surface area (TPSA) is 30.5 Å². The van der Waals surface area contributed by atoms with Gasteiger partial charge in [0, 0.05) is 45.6 Å². The van der Waals surface area contributed by atoms with Crippen molar-refractivity contribution in [2.45, 2.75) is 0 Å². The maximum absolute atomic E-state index is 4.33. The van der Waals surface area contributed by atoms with Gasteiger partial charge in [0.2, 0.25) is 0 Å². The summed E-state index contributed by atoms with van der Waals surface area (Å²) < 4.78 is 4.03. The first-order valence-electron chi connectivity index (χ1n) is 2.92. The molecule has 1 aromatic rings. The van der Waals surface area contributed by atoms with Crippen LogP contribution in [0, 0.1) is 0 Å². The Labute approximate surface area is 128 Å². The maximum atomic E-state index is 4.33. The fourth-order valence-corrected chi connectivity index (χ4v) is 0.610. The molecule has 0 aliphatic rings. The van der Waals surface area contributed by atoms with E-state index in [0.29, 0.717) is 0 Å². The average Bonchev–Trinajstić information content (AvgIpc) is 2.19. The Bertz CT molecular complexity index is 208. The Morgan fingerprint density at radius 1 is 1.21 bits per heavy atom. The fourth-order valence-electron chi connectivity index (χ4n) is 0.573. The number of hydrogen-bond donors (Lipinski definition) is 2. The average molecular weight is 344 g/mol. The largest absolute Gasteiger partial charge is 0.234 e. The maximum Gasteiger partial charge on any atom is 0.0635 e. The van der Waals surface area contributed by atoms with Crippen molar-refractivity contribution in [2.75, 3.05) is 5.48 Å². The van der Waals surface area contributed by atoms with Gasteiger partial charge in [-0.2, -0.15) is 13.5 Å². The molecule has 3 nitrogen and oxygen atoms in total. The van der Waals surface area contributed by atoms with Crippen LogP contribution in [0.5, 0.6) is 0 Å². The van der Waals surface area contributed by atoms with Gasteiger partial charge in [-0.05, 0) is 20.1 Å². The molecule has 0 atom stereocenters. The van der Waals surface area contributed by atoms with E-state index in [0.717, 1.165) is 5.69 Å². The van der Waals surface area contributed by atoms with Crippen LogP contribution in [0.1, 0.15) is 0 Å². The van der Waals surface area contributed by atoms with Crippen molar-refractivity contribution in [2.24, 2.45) is 0 Å². The molecule has 0 aliphatic heterocycles. The van der Waals surface area contributed by atoms with Crippen molar-refractivity contribution < 1.29 is 42.0 Å². The second-order valence-corrected chi connectivity index (χ2v) is 1.78. The predicted octanol–water partition coefficient (Wildman–Crippen LogP) is 2.51. The van der Waals surface area contributed by atoms with Gasteiger partial charge in [0.05, 0.1) is 5.69 Å². The van der Waals surface area contributed by atoms with Crippen LogP contribution >= 0.6 is 34.4 Å². The van der Waals surface area contributed by atoms with Gasteiger partial charge in [0.15, 0.2) is 0 Å². The molecule has 0 saturated carbocycles. The van der Waals surface area contributed by atoms with E-state index in [9.17, 15) is 0 Å². The number of benzene rings is 1. The Kier molecular flexibility index (Phi) is 24.6. The molecule has 0 bridgehead atoms. The van der Waals surface area contributed by atoms with E-state index in [1.807, 2.05) is 30.3 Å². The molecule has 0 spiro atoms. The van der Waals surface area contributed by atoms with Crippen LogP contribution in [0.2, 0.25) is 0 Å². The Hall–Kier alpha value is 1.26. The molecular formula is C6H10NO2PS3Y. The Morgan fingerprint density at radius 2 is 1.71 bits per heavy atom. The van der Waals surface area contributed by atoms with Crippen molar-refractivity contribution in [1.82, 2.24) is 0 Å². The first kappa shape index (κ1) is 20.6. The standard InChI is InChI=1S/C6H7NO2S.HPS.H2S.Y/c10-9-8-7-6-4-2-1-3-5-6;1-2;;/h1-5,7,10H;1H;1H2;. The van der Waals surface area contributed by atoms with Gasteiger partial charge in [-0.25, -0.2) is 5.48 Å². The minimum atomic E-state index is 0. The van der Waals surface area contributed by atoms with Crippen molar-refractivity contribution in [3.8, 4) is 0 Å². The van der Waals surface area contributed by atoms with E-state index in [2.05, 4.69) is 47.5 Å². The molecule has 0 amide bonds. The zero-order valence-corrected chi connectivity index (χ0v) is 13.7. The summed E-state index contributed by atoms with van der Waals surface area (Å²) in [6.45, 7) is 0. The second kappa shape index (κ2) is 16.7. The van der Waals surface area contributed by atoms with Crippen LogP contribution in [0.15, 0.2) is 30.3 Å². The Balaban J connectivity index is -0.000000284. The van der Waals surface area contributed by atoms with E-state index in [1.165, 1.54) is 0 Å². The summed E-state index contributed by atoms with van der Waals surface area (Å²) in [5, 5.41) is 0. The monoisotopic (exact) mass is 344 g/mol. The number of nitrogens with one attached hydrogen (secondary N) is 1. The molecule has 0 heterocycles. The van der Waals surface area contributed by atoms with Gasteiger partial charge in [-0.3, -0.25) is 0 Å². The van der Waals surface area contributed by atoms with Crippen molar-refractivity contribution in [3.63, 3.8) is 0 Å². The number of hydrogen-bond acceptors (Lipinski definition) is 5. The molecular weight excluding hydrogens is 334 g/mol. The molecule has 0 saturated heterocycles. The molecule has 1 N–H and O–H groups in total. The molecule has 14 heavy (non-hydrogen) atoms. The van der Waals surface area contributed by atoms with Crippen molar-refractivity contribution in [1.29, 1.82) is 0 Å². The molecule has 1 radical (unpaired) electrons. The van der Waals surface area contributed by atoms with Crippen LogP contribution < -0.4 is 5.48 Å². The molecule has 0 aliphatic carbocycles. The van der Waals surface area contributed by atoms with E-state index >= 15 is 0 Å². The fraction of sp³-hybridized carbons (Fsp3) is 0. The molecule has 77 valence electrons. The van der Waals surface area contributed by atoms with Gasteiger partial charge in [0.25, 0.3) is 0 Å². The number of rotatable bonds is 3. The zero-order chi connectivity index (χ0) is 9.23. The van der Waals surface area contributed by atoms with Crippen molar-refractivity contribution in [3.05, 3.63) is 30.3 Å². The first-order chi connectivity index (χ1) is 5.93. The molecule has 8 heteroatoms. The minimum Gasteiger partial charge on any atom is -0.234 e. The van der Waals surface area contributed by atoms with Crippen LogP contribution in [-0.2, 0) is 53.8 Å². The molecule has 0 aromatic heterocycles. The summed E-state index contributed by atoms with van der Waals surface area (Å²) in [6.07, 6.45) is 0. The third-order valence-corrected chi connectivity index (χ3v) is 1.05. The summed E-state index contributed by atoms with van der Waals surface area (Å²) in [6, 6.07) is 9.35. The van der Waals surface area contributed by atoms with Gasteiger partial charge < -0.3 is 0 Å². The number of para-hydroxylation sites is 1. The zero-order valence-electron chi connectivity index (χ0n) is 7.14. The molecule has 0 unspecified atom stereocenters.